The average Bonchev–Trinajstić information content (AvgIpc) is 2.48. The summed E-state index contributed by atoms with van der Waals surface area (Å²) in [5.41, 5.74) is 7.97. The molecule has 0 saturated carbocycles. The van der Waals surface area contributed by atoms with Gasteiger partial charge in [-0.25, -0.2) is 0 Å². The van der Waals surface area contributed by atoms with Gasteiger partial charge >= 0.3 is 0 Å². The van der Waals surface area contributed by atoms with Gasteiger partial charge in [-0.05, 0) is 23.3 Å². The Hall–Kier alpha value is -2.73. The normalized spacial score (nSPS) is 10.3. The van der Waals surface area contributed by atoms with E-state index in [9.17, 15) is 10.1 Å². The van der Waals surface area contributed by atoms with E-state index in [4.69, 9.17) is 15.9 Å². The van der Waals surface area contributed by atoms with Gasteiger partial charge in [0.2, 0.25) is 0 Å². The number of hydrogen-bond donors (Lipinski definition) is 2. The van der Waals surface area contributed by atoms with E-state index >= 15 is 0 Å². The summed E-state index contributed by atoms with van der Waals surface area (Å²) in [6.07, 6.45) is 0. The third kappa shape index (κ3) is 4.12. The first-order chi connectivity index (χ1) is 10.1. The molecule has 2 rings (SSSR count). The summed E-state index contributed by atoms with van der Waals surface area (Å²) in [6.45, 7) is 0.807. The fraction of sp³-hybridized carbons (Fsp3) is 0.133. The van der Waals surface area contributed by atoms with Crippen molar-refractivity contribution in [1.29, 1.82) is 5.41 Å². The highest BCUT2D eigenvalue weighted by molar-refractivity contribution is 5.94. The Kier molecular flexibility index (Phi) is 4.63. The first-order valence-electron chi connectivity index (χ1n) is 6.30. The molecule has 0 saturated heterocycles. The lowest BCUT2D eigenvalue weighted by atomic mass is 10.1. The fourth-order valence-electron chi connectivity index (χ4n) is 1.78. The number of nitro benzene ring substituents is 1. The molecule has 0 radical (unpaired) electrons. The number of amidine groups is 1. The second-order valence-corrected chi connectivity index (χ2v) is 4.53. The molecule has 108 valence electrons. The maximum atomic E-state index is 10.5. The topological polar surface area (TPSA) is 102 Å². The van der Waals surface area contributed by atoms with Crippen molar-refractivity contribution in [1.82, 2.24) is 0 Å². The van der Waals surface area contributed by atoms with E-state index in [1.165, 1.54) is 12.1 Å². The summed E-state index contributed by atoms with van der Waals surface area (Å²) in [5.74, 6) is 0.0355. The van der Waals surface area contributed by atoms with Crippen LogP contribution in [0.25, 0.3) is 0 Å². The van der Waals surface area contributed by atoms with Gasteiger partial charge in [0.25, 0.3) is 5.69 Å². The lowest BCUT2D eigenvalue weighted by Gasteiger charge is -2.05. The highest BCUT2D eigenvalue weighted by Crippen LogP contribution is 2.13. The Morgan fingerprint density at radius 2 is 1.52 bits per heavy atom. The van der Waals surface area contributed by atoms with Crippen LogP contribution in [-0.2, 0) is 18.0 Å². The van der Waals surface area contributed by atoms with E-state index in [0.29, 0.717) is 18.8 Å². The number of nitrogens with zero attached hydrogens (tertiary/aromatic N) is 1. The predicted octanol–water partition coefficient (Wildman–Crippen LogP) is 2.60. The molecule has 0 aromatic heterocycles. The number of nitrogens with one attached hydrogen (secondary N) is 1. The molecule has 0 aliphatic rings. The number of nitrogen functional groups attached to an aromatic ring is 1. The van der Waals surface area contributed by atoms with Crippen molar-refractivity contribution in [2.75, 3.05) is 0 Å². The third-order valence-electron chi connectivity index (χ3n) is 2.95. The van der Waals surface area contributed by atoms with Crippen molar-refractivity contribution in [3.8, 4) is 0 Å². The van der Waals surface area contributed by atoms with Crippen molar-refractivity contribution < 1.29 is 9.66 Å². The largest absolute Gasteiger partial charge is 0.384 e. The second-order valence-electron chi connectivity index (χ2n) is 4.53. The van der Waals surface area contributed by atoms with Gasteiger partial charge in [0.1, 0.15) is 5.84 Å². The summed E-state index contributed by atoms with van der Waals surface area (Å²) in [4.78, 5) is 10.1. The van der Waals surface area contributed by atoms with Gasteiger partial charge in [-0.1, -0.05) is 24.3 Å². The van der Waals surface area contributed by atoms with Crippen LogP contribution < -0.4 is 5.73 Å². The van der Waals surface area contributed by atoms with Gasteiger partial charge in [0, 0.05) is 17.7 Å². The zero-order valence-electron chi connectivity index (χ0n) is 11.3. The molecule has 2 aromatic carbocycles. The Balaban J connectivity index is 1.86. The first kappa shape index (κ1) is 14.7. The molecule has 6 heteroatoms. The Labute approximate surface area is 121 Å². The van der Waals surface area contributed by atoms with Gasteiger partial charge in [0.15, 0.2) is 0 Å². The first-order valence-corrected chi connectivity index (χ1v) is 6.30. The maximum Gasteiger partial charge on any atom is 0.269 e. The van der Waals surface area contributed by atoms with Gasteiger partial charge in [-0.3, -0.25) is 15.5 Å². The van der Waals surface area contributed by atoms with Crippen LogP contribution in [0.3, 0.4) is 0 Å². The van der Waals surface area contributed by atoms with E-state index < -0.39 is 4.92 Å². The zero-order chi connectivity index (χ0) is 15.2. The van der Waals surface area contributed by atoms with Crippen LogP contribution in [-0.4, -0.2) is 10.8 Å². The van der Waals surface area contributed by atoms with Crippen LogP contribution in [0.4, 0.5) is 5.69 Å². The van der Waals surface area contributed by atoms with Crippen LogP contribution in [0, 0.1) is 15.5 Å². The van der Waals surface area contributed by atoms with Crippen LogP contribution in [0.5, 0.6) is 0 Å². The molecule has 21 heavy (non-hydrogen) atoms. The molecular weight excluding hydrogens is 270 g/mol. The van der Waals surface area contributed by atoms with Crippen molar-refractivity contribution >= 4 is 11.5 Å². The number of non-ortho nitro benzene ring substituents is 1. The van der Waals surface area contributed by atoms with Crippen molar-refractivity contribution in [2.24, 2.45) is 5.73 Å². The second kappa shape index (κ2) is 6.62. The SMILES string of the molecule is N=C(N)c1ccc(COCc2ccc([N+](=O)[O-])cc2)cc1. The molecule has 3 N–H and O–H groups in total. The number of nitro groups is 1. The average molecular weight is 285 g/mol. The minimum absolute atomic E-state index is 0.0355. The van der Waals surface area contributed by atoms with Crippen molar-refractivity contribution in [2.45, 2.75) is 13.2 Å². The summed E-state index contributed by atoms with van der Waals surface area (Å²) >= 11 is 0. The molecule has 0 unspecified atom stereocenters. The molecule has 0 fully saturated rings. The van der Waals surface area contributed by atoms with E-state index in [1.807, 2.05) is 12.1 Å². The summed E-state index contributed by atoms with van der Waals surface area (Å²) < 4.78 is 5.55. The minimum Gasteiger partial charge on any atom is -0.384 e. The van der Waals surface area contributed by atoms with Crippen molar-refractivity contribution in [3.63, 3.8) is 0 Å². The minimum atomic E-state index is -0.429. The zero-order valence-corrected chi connectivity index (χ0v) is 11.3. The molecular formula is C15H15N3O3. The van der Waals surface area contributed by atoms with E-state index in [1.54, 1.807) is 24.3 Å². The number of benzene rings is 2. The molecule has 6 nitrogen and oxygen atoms in total. The lowest BCUT2D eigenvalue weighted by molar-refractivity contribution is -0.384. The smallest absolute Gasteiger partial charge is 0.269 e. The number of rotatable bonds is 6. The Bertz CT molecular complexity index is 579. The molecule has 0 aliphatic carbocycles. The molecule has 0 aliphatic heterocycles. The Morgan fingerprint density at radius 3 is 1.95 bits per heavy atom. The van der Waals surface area contributed by atoms with Crippen LogP contribution >= 0.6 is 0 Å². The van der Waals surface area contributed by atoms with E-state index in [2.05, 4.69) is 0 Å². The Morgan fingerprint density at radius 1 is 1.05 bits per heavy atom. The van der Waals surface area contributed by atoms with Crippen LogP contribution in [0.1, 0.15) is 16.7 Å². The quantitative estimate of drug-likeness (QED) is 0.368. The van der Waals surface area contributed by atoms with Gasteiger partial charge < -0.3 is 10.5 Å². The molecule has 0 bridgehead atoms. The molecule has 2 aromatic rings. The number of hydrogen-bond acceptors (Lipinski definition) is 4. The number of nitrogens with two attached hydrogens (primary N) is 1. The van der Waals surface area contributed by atoms with E-state index in [-0.39, 0.29) is 11.5 Å². The lowest BCUT2D eigenvalue weighted by Crippen LogP contribution is -2.10. The van der Waals surface area contributed by atoms with Crippen LogP contribution in [0.2, 0.25) is 0 Å². The highest BCUT2D eigenvalue weighted by Gasteiger charge is 2.04. The van der Waals surface area contributed by atoms with E-state index in [0.717, 1.165) is 11.1 Å². The van der Waals surface area contributed by atoms with Crippen LogP contribution in [0.15, 0.2) is 48.5 Å². The monoisotopic (exact) mass is 285 g/mol. The highest BCUT2D eigenvalue weighted by atomic mass is 16.6. The fourth-order valence-corrected chi connectivity index (χ4v) is 1.78. The van der Waals surface area contributed by atoms with Gasteiger partial charge in [-0.2, -0.15) is 0 Å². The van der Waals surface area contributed by atoms with Gasteiger partial charge in [0.05, 0.1) is 18.1 Å². The molecule has 0 atom stereocenters. The molecule has 0 spiro atoms. The number of ether oxygens (including phenoxy) is 1. The summed E-state index contributed by atoms with van der Waals surface area (Å²) in [6, 6.07) is 13.5. The molecule has 0 heterocycles. The summed E-state index contributed by atoms with van der Waals surface area (Å²) in [5, 5.41) is 17.8. The molecule has 0 amide bonds. The summed E-state index contributed by atoms with van der Waals surface area (Å²) in [7, 11) is 0. The van der Waals surface area contributed by atoms with Crippen molar-refractivity contribution in [3.05, 3.63) is 75.3 Å². The predicted molar refractivity (Wildman–Crippen MR) is 79.0 cm³/mol. The standard InChI is InChI=1S/C15H15N3O3/c16-15(17)13-5-1-11(2-6-13)9-21-10-12-3-7-14(8-4-12)18(19)20/h1-8H,9-10H2,(H3,16,17). The maximum absolute atomic E-state index is 10.5. The third-order valence-corrected chi connectivity index (χ3v) is 2.95. The van der Waals surface area contributed by atoms with Gasteiger partial charge in [-0.15, -0.1) is 0 Å².